The molecule has 0 spiro atoms. The van der Waals surface area contributed by atoms with Crippen molar-refractivity contribution in [2.24, 2.45) is 0 Å². The Morgan fingerprint density at radius 2 is 1.97 bits per heavy atom. The number of aromatic amines is 1. The largest absolute Gasteiger partial charge is 0.444 e. The van der Waals surface area contributed by atoms with E-state index in [9.17, 15) is 4.79 Å². The Hall–Kier alpha value is -2.99. The average Bonchev–Trinajstić information content (AvgIpc) is 3.38. The summed E-state index contributed by atoms with van der Waals surface area (Å²) in [5.74, 6) is 0. The molecule has 4 rings (SSSR count). The molecular formula is C21H26N6O2S. The molecule has 1 N–H and O–H groups in total. The summed E-state index contributed by atoms with van der Waals surface area (Å²) in [6.45, 7) is 7.41. The van der Waals surface area contributed by atoms with Crippen LogP contribution in [0, 0.1) is 11.3 Å². The Balaban J connectivity index is 0.000000178. The van der Waals surface area contributed by atoms with Gasteiger partial charge in [0, 0.05) is 41.5 Å². The van der Waals surface area contributed by atoms with Crippen molar-refractivity contribution in [3.05, 3.63) is 36.4 Å². The summed E-state index contributed by atoms with van der Waals surface area (Å²) in [7, 11) is 0. The molecule has 9 heteroatoms. The second-order valence-corrected chi connectivity index (χ2v) is 8.57. The summed E-state index contributed by atoms with van der Waals surface area (Å²) in [5.41, 5.74) is 2.78. The van der Waals surface area contributed by atoms with Crippen LogP contribution in [0.15, 0.2) is 35.7 Å². The zero-order valence-corrected chi connectivity index (χ0v) is 18.3. The number of piperidine rings is 1. The van der Waals surface area contributed by atoms with Crippen LogP contribution in [0.4, 0.5) is 4.79 Å². The number of hydrogen-bond acceptors (Lipinski definition) is 6. The number of rotatable bonds is 1. The van der Waals surface area contributed by atoms with Gasteiger partial charge in [0.1, 0.15) is 11.7 Å². The highest BCUT2D eigenvalue weighted by molar-refractivity contribution is 7.80. The maximum absolute atomic E-state index is 11.5. The van der Waals surface area contributed by atoms with Gasteiger partial charge in [-0.2, -0.15) is 15.5 Å². The van der Waals surface area contributed by atoms with E-state index in [1.807, 2.05) is 33.0 Å². The van der Waals surface area contributed by atoms with E-state index in [0.717, 1.165) is 47.5 Å². The fourth-order valence-electron chi connectivity index (χ4n) is 3.15. The van der Waals surface area contributed by atoms with Gasteiger partial charge >= 0.3 is 6.09 Å². The van der Waals surface area contributed by atoms with Crippen LogP contribution in [0.1, 0.15) is 45.6 Å². The summed E-state index contributed by atoms with van der Waals surface area (Å²) in [6, 6.07) is 3.99. The molecule has 0 aromatic carbocycles. The number of H-pyrrole nitrogens is 1. The summed E-state index contributed by atoms with van der Waals surface area (Å²) in [6.07, 6.45) is 10.2. The minimum absolute atomic E-state index is 0.160. The lowest BCUT2D eigenvalue weighted by Gasteiger charge is -2.29. The van der Waals surface area contributed by atoms with Crippen molar-refractivity contribution >= 4 is 24.2 Å². The molecular weight excluding hydrogens is 400 g/mol. The standard InChI is InChI=1S/C11H7N5S.C10H19NO2/c12-2-8-5-15-16-6-7(1-10(17)11(8)16)9-3-13-14-4-9;1-10(2,3)13-9(12)11-7-5-4-6-8-11/h1,3-6,17H,(H,13,14);4-8H2,1-3H3. The molecule has 1 aliphatic heterocycles. The van der Waals surface area contributed by atoms with Crippen LogP contribution in [0.25, 0.3) is 16.6 Å². The van der Waals surface area contributed by atoms with E-state index in [0.29, 0.717) is 5.56 Å². The van der Waals surface area contributed by atoms with E-state index in [4.69, 9.17) is 10.00 Å². The Labute approximate surface area is 181 Å². The smallest absolute Gasteiger partial charge is 0.410 e. The van der Waals surface area contributed by atoms with Crippen molar-refractivity contribution in [1.82, 2.24) is 24.7 Å². The van der Waals surface area contributed by atoms with Crippen LogP contribution >= 0.6 is 12.6 Å². The van der Waals surface area contributed by atoms with Gasteiger partial charge in [-0.1, -0.05) is 0 Å². The molecule has 3 aromatic heterocycles. The summed E-state index contributed by atoms with van der Waals surface area (Å²) in [4.78, 5) is 14.0. The second kappa shape index (κ2) is 9.22. The maximum atomic E-state index is 11.5. The minimum Gasteiger partial charge on any atom is -0.444 e. The molecule has 158 valence electrons. The highest BCUT2D eigenvalue weighted by atomic mass is 32.1. The zero-order valence-electron chi connectivity index (χ0n) is 17.4. The number of likely N-dealkylation sites (tertiary alicyclic amines) is 1. The molecule has 0 bridgehead atoms. The number of pyridine rings is 1. The lowest BCUT2D eigenvalue weighted by Crippen LogP contribution is -2.39. The third kappa shape index (κ3) is 5.33. The molecule has 8 nitrogen and oxygen atoms in total. The van der Waals surface area contributed by atoms with Gasteiger partial charge in [-0.3, -0.25) is 5.10 Å². The number of amides is 1. The molecule has 1 amide bonds. The molecule has 30 heavy (non-hydrogen) atoms. The predicted octanol–water partition coefficient (Wildman–Crippen LogP) is 4.29. The first-order valence-corrected chi connectivity index (χ1v) is 10.3. The number of aromatic nitrogens is 4. The van der Waals surface area contributed by atoms with Crippen LogP contribution in [0.5, 0.6) is 0 Å². The summed E-state index contributed by atoms with van der Waals surface area (Å²) < 4.78 is 6.92. The second-order valence-electron chi connectivity index (χ2n) is 8.09. The van der Waals surface area contributed by atoms with Gasteiger partial charge in [-0.05, 0) is 46.1 Å². The Morgan fingerprint density at radius 1 is 1.23 bits per heavy atom. The monoisotopic (exact) mass is 426 g/mol. The SMILES string of the molecule is CC(C)(C)OC(=O)N1CCCCC1.N#Cc1cnn2cc(-c3cn[nH]c3)cc(S)c12. The molecule has 1 fully saturated rings. The van der Waals surface area contributed by atoms with Crippen molar-refractivity contribution in [3.63, 3.8) is 0 Å². The molecule has 0 saturated carbocycles. The molecule has 0 aliphatic carbocycles. The van der Waals surface area contributed by atoms with Gasteiger partial charge in [0.15, 0.2) is 0 Å². The lowest BCUT2D eigenvalue weighted by molar-refractivity contribution is 0.0216. The van der Waals surface area contributed by atoms with E-state index >= 15 is 0 Å². The number of carbonyl (C=O) groups is 1. The Kier molecular flexibility index (Phi) is 6.67. The van der Waals surface area contributed by atoms with E-state index in [1.54, 1.807) is 21.8 Å². The van der Waals surface area contributed by atoms with Gasteiger partial charge in [-0.15, -0.1) is 12.6 Å². The van der Waals surface area contributed by atoms with Crippen molar-refractivity contribution in [1.29, 1.82) is 5.26 Å². The zero-order chi connectivity index (χ0) is 21.7. The molecule has 4 heterocycles. The van der Waals surface area contributed by atoms with Crippen molar-refractivity contribution in [2.75, 3.05) is 13.1 Å². The fourth-order valence-corrected chi connectivity index (χ4v) is 3.51. The molecule has 1 saturated heterocycles. The van der Waals surface area contributed by atoms with Crippen LogP contribution in [-0.4, -0.2) is 49.5 Å². The Bertz CT molecular complexity index is 1040. The fraction of sp³-hybridized carbons (Fsp3) is 0.429. The van der Waals surface area contributed by atoms with Crippen LogP contribution in [0.2, 0.25) is 0 Å². The first-order chi connectivity index (χ1) is 14.3. The van der Waals surface area contributed by atoms with Crippen molar-refractivity contribution < 1.29 is 9.53 Å². The minimum atomic E-state index is -0.367. The highest BCUT2D eigenvalue weighted by Crippen LogP contribution is 2.26. The first-order valence-electron chi connectivity index (χ1n) is 9.86. The lowest BCUT2D eigenvalue weighted by atomic mass is 10.1. The first kappa shape index (κ1) is 21.7. The number of fused-ring (bicyclic) bond motifs is 1. The summed E-state index contributed by atoms with van der Waals surface area (Å²) >= 11 is 4.40. The number of hydrogen-bond donors (Lipinski definition) is 2. The predicted molar refractivity (Wildman–Crippen MR) is 116 cm³/mol. The topological polar surface area (TPSA) is 99.3 Å². The normalized spacial score (nSPS) is 14.0. The number of nitrogens with zero attached hydrogens (tertiary/aromatic N) is 5. The number of thiol groups is 1. The number of nitrogens with one attached hydrogen (secondary N) is 1. The van der Waals surface area contributed by atoms with Gasteiger partial charge in [0.2, 0.25) is 0 Å². The Morgan fingerprint density at radius 3 is 2.57 bits per heavy atom. The molecule has 1 aliphatic rings. The average molecular weight is 427 g/mol. The highest BCUT2D eigenvalue weighted by Gasteiger charge is 2.22. The van der Waals surface area contributed by atoms with E-state index < -0.39 is 0 Å². The quantitative estimate of drug-likeness (QED) is 0.566. The molecule has 0 radical (unpaired) electrons. The molecule has 3 aromatic rings. The molecule has 0 atom stereocenters. The van der Waals surface area contributed by atoms with Gasteiger partial charge in [0.05, 0.1) is 23.5 Å². The van der Waals surface area contributed by atoms with E-state index in [2.05, 4.69) is 34.0 Å². The summed E-state index contributed by atoms with van der Waals surface area (Å²) in [5, 5.41) is 19.7. The third-order valence-corrected chi connectivity index (χ3v) is 4.89. The van der Waals surface area contributed by atoms with E-state index in [-0.39, 0.29) is 11.7 Å². The maximum Gasteiger partial charge on any atom is 0.410 e. The van der Waals surface area contributed by atoms with Gasteiger partial charge in [-0.25, -0.2) is 9.31 Å². The van der Waals surface area contributed by atoms with Crippen molar-refractivity contribution in [3.8, 4) is 17.2 Å². The van der Waals surface area contributed by atoms with Crippen molar-refractivity contribution in [2.45, 2.75) is 50.5 Å². The number of nitriles is 1. The van der Waals surface area contributed by atoms with Gasteiger partial charge in [0.25, 0.3) is 0 Å². The molecule has 0 unspecified atom stereocenters. The van der Waals surface area contributed by atoms with Crippen LogP contribution < -0.4 is 0 Å². The third-order valence-electron chi connectivity index (χ3n) is 4.55. The number of ether oxygens (including phenoxy) is 1. The van der Waals surface area contributed by atoms with Crippen LogP contribution in [0.3, 0.4) is 0 Å². The van der Waals surface area contributed by atoms with Gasteiger partial charge < -0.3 is 9.64 Å². The van der Waals surface area contributed by atoms with Crippen LogP contribution in [-0.2, 0) is 4.74 Å². The van der Waals surface area contributed by atoms with E-state index in [1.165, 1.54) is 12.6 Å². The number of carbonyl (C=O) groups excluding carboxylic acids is 1.